The Kier molecular flexibility index (Phi) is 11.0. The first-order valence-corrected chi connectivity index (χ1v) is 9.50. The summed E-state index contributed by atoms with van der Waals surface area (Å²) in [4.78, 5) is 2.66. The van der Waals surface area contributed by atoms with Crippen molar-refractivity contribution >= 4 is 34.8 Å². The molecule has 2 N–H and O–H groups in total. The fraction of sp³-hybridized carbons (Fsp3) is 0.625. The van der Waals surface area contributed by atoms with Crippen LogP contribution in [0.1, 0.15) is 17.5 Å². The number of hydrogen-bond acceptors (Lipinski definition) is 5. The summed E-state index contributed by atoms with van der Waals surface area (Å²) in [6.45, 7) is 9.17. The molecule has 6 nitrogen and oxygen atoms in total. The molecule has 0 aliphatic carbocycles. The van der Waals surface area contributed by atoms with Crippen LogP contribution in [0.2, 0.25) is 0 Å². The quantitative estimate of drug-likeness (QED) is 0.665. The molecule has 0 bridgehead atoms. The predicted octanol–water partition coefficient (Wildman–Crippen LogP) is 1.73. The number of hydrogen-bond donors (Lipinski definition) is 2. The average molecular weight is 414 g/mol. The Hall–Kier alpha value is -0.570. The molecule has 0 spiro atoms. The van der Waals surface area contributed by atoms with Gasteiger partial charge in [-0.3, -0.25) is 0 Å². The van der Waals surface area contributed by atoms with Crippen molar-refractivity contribution in [2.75, 3.05) is 46.4 Å². The highest BCUT2D eigenvalue weighted by Crippen LogP contribution is 2.26. The van der Waals surface area contributed by atoms with Crippen molar-refractivity contribution in [3.63, 3.8) is 0 Å². The Balaban J connectivity index is 0.00000288. The van der Waals surface area contributed by atoms with E-state index in [2.05, 4.69) is 14.9 Å². The van der Waals surface area contributed by atoms with Gasteiger partial charge in [0, 0.05) is 32.7 Å². The molecular weight excluding hydrogens is 385 g/mol. The molecule has 1 heterocycles. The maximum Gasteiger partial charge on any atom is 0.240 e. The van der Waals surface area contributed by atoms with Gasteiger partial charge in [0.1, 0.15) is 5.75 Å². The minimum absolute atomic E-state index is 0. The van der Waals surface area contributed by atoms with Gasteiger partial charge in [0.2, 0.25) is 10.0 Å². The lowest BCUT2D eigenvalue weighted by Crippen LogP contribution is -2.44. The van der Waals surface area contributed by atoms with Crippen molar-refractivity contribution in [1.29, 1.82) is 0 Å². The smallest absolute Gasteiger partial charge is 0.240 e. The zero-order chi connectivity index (χ0) is 16.9. The van der Waals surface area contributed by atoms with Crippen LogP contribution < -0.4 is 14.8 Å². The predicted molar refractivity (Wildman–Crippen MR) is 106 cm³/mol. The molecule has 1 aliphatic heterocycles. The molecule has 1 aromatic rings. The number of nitrogens with one attached hydrogen (secondary N) is 2. The Morgan fingerprint density at radius 1 is 1.16 bits per heavy atom. The molecule has 0 saturated carbocycles. The van der Waals surface area contributed by atoms with Gasteiger partial charge in [-0.2, -0.15) is 0 Å². The zero-order valence-corrected chi connectivity index (χ0v) is 17.5. The first-order chi connectivity index (χ1) is 10.9. The minimum atomic E-state index is -3.47. The van der Waals surface area contributed by atoms with Gasteiger partial charge in [-0.05, 0) is 50.1 Å². The van der Waals surface area contributed by atoms with Crippen LogP contribution in [0.3, 0.4) is 0 Å². The third-order valence-corrected chi connectivity index (χ3v) is 5.54. The van der Waals surface area contributed by atoms with Crippen LogP contribution in [0.25, 0.3) is 0 Å². The first-order valence-electron chi connectivity index (χ1n) is 8.02. The largest absolute Gasteiger partial charge is 0.496 e. The summed E-state index contributed by atoms with van der Waals surface area (Å²) in [5.74, 6) is 0.739. The molecule has 1 aromatic carbocycles. The number of ether oxygens (including phenoxy) is 1. The summed E-state index contributed by atoms with van der Waals surface area (Å²) >= 11 is 0. The Morgan fingerprint density at radius 3 is 2.24 bits per heavy atom. The highest BCUT2D eigenvalue weighted by molar-refractivity contribution is 7.89. The highest BCUT2D eigenvalue weighted by atomic mass is 35.5. The number of benzene rings is 1. The summed E-state index contributed by atoms with van der Waals surface area (Å²) < 4.78 is 32.8. The van der Waals surface area contributed by atoms with Crippen molar-refractivity contribution in [1.82, 2.24) is 14.9 Å². The second kappa shape index (κ2) is 11.2. The molecule has 146 valence electrons. The van der Waals surface area contributed by atoms with E-state index in [0.717, 1.165) is 56.0 Å². The van der Waals surface area contributed by atoms with Crippen molar-refractivity contribution < 1.29 is 13.2 Å². The molecule has 0 unspecified atom stereocenters. The fourth-order valence-corrected chi connectivity index (χ4v) is 4.16. The summed E-state index contributed by atoms with van der Waals surface area (Å²) in [6, 6.07) is 3.31. The Bertz CT molecular complexity index is 613. The van der Waals surface area contributed by atoms with Crippen molar-refractivity contribution in [3.05, 3.63) is 23.3 Å². The molecule has 0 atom stereocenters. The van der Waals surface area contributed by atoms with E-state index in [9.17, 15) is 8.42 Å². The van der Waals surface area contributed by atoms with E-state index < -0.39 is 10.0 Å². The monoisotopic (exact) mass is 413 g/mol. The molecule has 25 heavy (non-hydrogen) atoms. The average Bonchev–Trinajstić information content (AvgIpc) is 2.52. The molecule has 1 aliphatic rings. The number of halogens is 2. The lowest BCUT2D eigenvalue weighted by Gasteiger charge is -2.27. The van der Waals surface area contributed by atoms with Gasteiger partial charge in [-0.25, -0.2) is 13.1 Å². The van der Waals surface area contributed by atoms with E-state index in [1.807, 2.05) is 13.8 Å². The lowest BCUT2D eigenvalue weighted by molar-refractivity contribution is 0.239. The van der Waals surface area contributed by atoms with Crippen LogP contribution in [0.15, 0.2) is 17.0 Å². The van der Waals surface area contributed by atoms with Gasteiger partial charge in [0.15, 0.2) is 0 Å². The molecule has 1 saturated heterocycles. The standard InChI is InChI=1S/C16H27N3O3S.2ClH/c1-13-11-15(12-14(2)16(13)22-3)23(20,21)18-5-4-8-19-9-6-17-7-10-19;;/h11-12,17-18H,4-10H2,1-3H3;2*1H. The van der Waals surface area contributed by atoms with Crippen molar-refractivity contribution in [2.45, 2.75) is 25.2 Å². The lowest BCUT2D eigenvalue weighted by atomic mass is 10.1. The number of nitrogens with zero attached hydrogens (tertiary/aromatic N) is 1. The van der Waals surface area contributed by atoms with Crippen LogP contribution >= 0.6 is 24.8 Å². The number of methoxy groups -OCH3 is 1. The minimum Gasteiger partial charge on any atom is -0.496 e. The van der Waals surface area contributed by atoms with E-state index in [1.54, 1.807) is 19.2 Å². The highest BCUT2D eigenvalue weighted by Gasteiger charge is 2.17. The van der Waals surface area contributed by atoms with Crippen LogP contribution in [0.5, 0.6) is 5.75 Å². The van der Waals surface area contributed by atoms with Gasteiger partial charge < -0.3 is 15.0 Å². The molecule has 9 heteroatoms. The van der Waals surface area contributed by atoms with Crippen LogP contribution in [0.4, 0.5) is 0 Å². The van der Waals surface area contributed by atoms with Gasteiger partial charge >= 0.3 is 0 Å². The zero-order valence-electron chi connectivity index (χ0n) is 15.0. The number of aryl methyl sites for hydroxylation is 2. The van der Waals surface area contributed by atoms with Crippen molar-refractivity contribution in [2.24, 2.45) is 0 Å². The second-order valence-corrected chi connectivity index (χ2v) is 7.70. The SMILES string of the molecule is COc1c(C)cc(S(=O)(=O)NCCCN2CCNCC2)cc1C.Cl.Cl. The van der Waals surface area contributed by atoms with Crippen molar-refractivity contribution in [3.8, 4) is 5.75 Å². The molecule has 2 rings (SSSR count). The third kappa shape index (κ3) is 6.92. The summed E-state index contributed by atoms with van der Waals surface area (Å²) in [5, 5.41) is 3.31. The van der Waals surface area contributed by atoms with E-state index in [4.69, 9.17) is 4.74 Å². The number of rotatable bonds is 7. The summed E-state index contributed by atoms with van der Waals surface area (Å²) in [5.41, 5.74) is 1.65. The number of piperazine rings is 1. The van der Waals surface area contributed by atoms with Gasteiger partial charge in [-0.1, -0.05) is 0 Å². The maximum absolute atomic E-state index is 12.4. The van der Waals surface area contributed by atoms with Crippen LogP contribution in [0, 0.1) is 13.8 Å². The third-order valence-electron chi connectivity index (χ3n) is 4.10. The Labute approximate surface area is 163 Å². The molecule has 0 radical (unpaired) electrons. The topological polar surface area (TPSA) is 70.7 Å². The van der Waals surface area contributed by atoms with Crippen LogP contribution in [-0.2, 0) is 10.0 Å². The first kappa shape index (κ1) is 24.4. The van der Waals surface area contributed by atoms with E-state index in [1.165, 1.54) is 0 Å². The number of sulfonamides is 1. The van der Waals surface area contributed by atoms with E-state index >= 15 is 0 Å². The van der Waals surface area contributed by atoms with E-state index in [-0.39, 0.29) is 24.8 Å². The van der Waals surface area contributed by atoms with Crippen LogP contribution in [-0.4, -0.2) is 59.7 Å². The van der Waals surface area contributed by atoms with Gasteiger partial charge in [0.25, 0.3) is 0 Å². The van der Waals surface area contributed by atoms with Gasteiger partial charge in [-0.15, -0.1) is 24.8 Å². The maximum atomic E-state index is 12.4. The summed E-state index contributed by atoms with van der Waals surface area (Å²) in [7, 11) is -1.87. The molecule has 1 fully saturated rings. The molecule has 0 amide bonds. The summed E-state index contributed by atoms with van der Waals surface area (Å²) in [6.07, 6.45) is 0.813. The molecule has 0 aromatic heterocycles. The van der Waals surface area contributed by atoms with Gasteiger partial charge in [0.05, 0.1) is 12.0 Å². The second-order valence-electron chi connectivity index (χ2n) is 5.93. The van der Waals surface area contributed by atoms with E-state index in [0.29, 0.717) is 11.4 Å². The normalized spacial score (nSPS) is 15.2. The Morgan fingerprint density at radius 2 is 1.72 bits per heavy atom. The fourth-order valence-electron chi connectivity index (χ4n) is 2.91. The molecular formula is C16H29Cl2N3O3S.